The van der Waals surface area contributed by atoms with Crippen LogP contribution in [-0.2, 0) is 4.74 Å². The van der Waals surface area contributed by atoms with E-state index in [1.807, 2.05) is 18.2 Å². The lowest BCUT2D eigenvalue weighted by molar-refractivity contribution is 0.00970. The molecule has 0 radical (unpaired) electrons. The normalized spacial score (nSPS) is 20.5. The molecule has 0 bridgehead atoms. The van der Waals surface area contributed by atoms with Gasteiger partial charge >= 0.3 is 0 Å². The largest absolute Gasteiger partial charge is 0.454 e. The number of benzene rings is 1. The van der Waals surface area contributed by atoms with Gasteiger partial charge in [-0.15, -0.1) is 5.10 Å². The second-order valence-electron chi connectivity index (χ2n) is 5.09. The molecular formula is C14H16N4O3. The highest BCUT2D eigenvalue weighted by Gasteiger charge is 2.20. The minimum atomic E-state index is 0.0264. The SMILES string of the molecule is c1cc2c(cc1Nc1n[nH]c(C3CCCCO3)n1)OCO2. The predicted octanol–water partition coefficient (Wildman–Crippen LogP) is 2.52. The Morgan fingerprint density at radius 1 is 1.19 bits per heavy atom. The summed E-state index contributed by atoms with van der Waals surface area (Å²) in [7, 11) is 0. The number of aromatic amines is 1. The van der Waals surface area contributed by atoms with Gasteiger partial charge in [0, 0.05) is 18.4 Å². The molecule has 0 aliphatic carbocycles. The van der Waals surface area contributed by atoms with Crippen molar-refractivity contribution in [2.75, 3.05) is 18.7 Å². The van der Waals surface area contributed by atoms with E-state index in [-0.39, 0.29) is 12.9 Å². The highest BCUT2D eigenvalue weighted by atomic mass is 16.7. The molecule has 7 nitrogen and oxygen atoms in total. The van der Waals surface area contributed by atoms with Crippen molar-refractivity contribution in [1.29, 1.82) is 0 Å². The molecule has 21 heavy (non-hydrogen) atoms. The highest BCUT2D eigenvalue weighted by Crippen LogP contribution is 2.35. The molecule has 2 N–H and O–H groups in total. The van der Waals surface area contributed by atoms with Gasteiger partial charge < -0.3 is 19.5 Å². The van der Waals surface area contributed by atoms with Gasteiger partial charge in [0.1, 0.15) is 6.10 Å². The first kappa shape index (κ1) is 12.5. The zero-order chi connectivity index (χ0) is 14.1. The summed E-state index contributed by atoms with van der Waals surface area (Å²) in [4.78, 5) is 4.45. The van der Waals surface area contributed by atoms with Crippen LogP contribution in [0.2, 0.25) is 0 Å². The van der Waals surface area contributed by atoms with Crippen LogP contribution < -0.4 is 14.8 Å². The van der Waals surface area contributed by atoms with Crippen LogP contribution in [0.5, 0.6) is 11.5 Å². The third-order valence-corrected chi connectivity index (χ3v) is 3.62. The van der Waals surface area contributed by atoms with Crippen molar-refractivity contribution in [3.05, 3.63) is 24.0 Å². The molecule has 110 valence electrons. The van der Waals surface area contributed by atoms with Crippen LogP contribution in [0.4, 0.5) is 11.6 Å². The molecule has 2 aliphatic heterocycles. The van der Waals surface area contributed by atoms with Gasteiger partial charge in [0.05, 0.1) is 0 Å². The monoisotopic (exact) mass is 288 g/mol. The Labute approximate surface area is 121 Å². The fraction of sp³-hybridized carbons (Fsp3) is 0.429. The minimum absolute atomic E-state index is 0.0264. The minimum Gasteiger partial charge on any atom is -0.454 e. The Morgan fingerprint density at radius 2 is 2.14 bits per heavy atom. The maximum absolute atomic E-state index is 5.69. The average Bonchev–Trinajstić information content (AvgIpc) is 3.17. The Hall–Kier alpha value is -2.28. The van der Waals surface area contributed by atoms with Gasteiger partial charge in [-0.05, 0) is 31.4 Å². The number of fused-ring (bicyclic) bond motifs is 1. The van der Waals surface area contributed by atoms with Crippen molar-refractivity contribution in [2.24, 2.45) is 0 Å². The predicted molar refractivity (Wildman–Crippen MR) is 74.8 cm³/mol. The standard InChI is InChI=1S/C14H16N4O3/c1-2-6-19-11(3-1)13-16-14(18-17-13)15-9-4-5-10-12(7-9)21-8-20-10/h4-5,7,11H,1-3,6,8H2,(H2,15,16,17,18). The maximum Gasteiger partial charge on any atom is 0.246 e. The molecule has 2 aromatic rings. The third-order valence-electron chi connectivity index (χ3n) is 3.62. The second-order valence-corrected chi connectivity index (χ2v) is 5.09. The number of nitrogens with zero attached hydrogens (tertiary/aromatic N) is 2. The molecular weight excluding hydrogens is 272 g/mol. The van der Waals surface area contributed by atoms with E-state index in [0.29, 0.717) is 5.95 Å². The van der Waals surface area contributed by atoms with Crippen LogP contribution in [0.15, 0.2) is 18.2 Å². The zero-order valence-corrected chi connectivity index (χ0v) is 11.5. The smallest absolute Gasteiger partial charge is 0.246 e. The highest BCUT2D eigenvalue weighted by molar-refractivity contribution is 5.60. The molecule has 1 atom stereocenters. The molecule has 1 fully saturated rings. The Kier molecular flexibility index (Phi) is 3.11. The van der Waals surface area contributed by atoms with E-state index in [1.54, 1.807) is 0 Å². The summed E-state index contributed by atoms with van der Waals surface area (Å²) < 4.78 is 16.3. The zero-order valence-electron chi connectivity index (χ0n) is 11.5. The molecule has 4 rings (SSSR count). The van der Waals surface area contributed by atoms with Gasteiger partial charge in [0.2, 0.25) is 12.7 Å². The first-order valence-corrected chi connectivity index (χ1v) is 7.09. The number of ether oxygens (including phenoxy) is 3. The fourth-order valence-electron chi connectivity index (χ4n) is 2.53. The third kappa shape index (κ3) is 2.52. The molecule has 0 amide bonds. The number of hydrogen-bond donors (Lipinski definition) is 2. The number of hydrogen-bond acceptors (Lipinski definition) is 6. The Bertz CT molecular complexity index is 637. The molecule has 1 aromatic carbocycles. The summed E-state index contributed by atoms with van der Waals surface area (Å²) >= 11 is 0. The quantitative estimate of drug-likeness (QED) is 0.903. The lowest BCUT2D eigenvalue weighted by Crippen LogP contribution is -2.12. The topological polar surface area (TPSA) is 81.3 Å². The summed E-state index contributed by atoms with van der Waals surface area (Å²) in [5, 5.41) is 10.3. The summed E-state index contributed by atoms with van der Waals surface area (Å²) in [5.41, 5.74) is 0.856. The summed E-state index contributed by atoms with van der Waals surface area (Å²) in [6.07, 6.45) is 3.29. The van der Waals surface area contributed by atoms with Gasteiger partial charge in [0.15, 0.2) is 17.3 Å². The van der Waals surface area contributed by atoms with E-state index in [4.69, 9.17) is 14.2 Å². The maximum atomic E-state index is 5.69. The molecule has 3 heterocycles. The number of nitrogens with one attached hydrogen (secondary N) is 2. The Balaban J connectivity index is 1.48. The van der Waals surface area contributed by atoms with E-state index in [1.165, 1.54) is 0 Å². The van der Waals surface area contributed by atoms with E-state index >= 15 is 0 Å². The van der Waals surface area contributed by atoms with Crippen LogP contribution in [0.25, 0.3) is 0 Å². The van der Waals surface area contributed by atoms with Crippen molar-refractivity contribution in [1.82, 2.24) is 15.2 Å². The van der Waals surface area contributed by atoms with Gasteiger partial charge in [-0.25, -0.2) is 0 Å². The number of aromatic nitrogens is 3. The summed E-state index contributed by atoms with van der Waals surface area (Å²) in [5.74, 6) is 2.79. The number of anilines is 2. The molecule has 1 unspecified atom stereocenters. The van der Waals surface area contributed by atoms with Crippen LogP contribution in [0.1, 0.15) is 31.2 Å². The van der Waals surface area contributed by atoms with E-state index in [9.17, 15) is 0 Å². The average molecular weight is 288 g/mol. The van der Waals surface area contributed by atoms with Crippen molar-refractivity contribution < 1.29 is 14.2 Å². The molecule has 0 saturated carbocycles. The molecule has 1 aromatic heterocycles. The van der Waals surface area contributed by atoms with Crippen LogP contribution >= 0.6 is 0 Å². The summed E-state index contributed by atoms with van der Waals surface area (Å²) in [6, 6.07) is 5.64. The van der Waals surface area contributed by atoms with E-state index in [2.05, 4.69) is 20.5 Å². The summed E-state index contributed by atoms with van der Waals surface area (Å²) in [6.45, 7) is 1.05. The van der Waals surface area contributed by atoms with Crippen LogP contribution in [0, 0.1) is 0 Å². The number of H-pyrrole nitrogens is 1. The molecule has 0 spiro atoms. The van der Waals surface area contributed by atoms with Gasteiger partial charge in [-0.2, -0.15) is 4.98 Å². The molecule has 2 aliphatic rings. The van der Waals surface area contributed by atoms with Crippen LogP contribution in [-0.4, -0.2) is 28.6 Å². The number of rotatable bonds is 3. The first-order chi connectivity index (χ1) is 10.4. The lowest BCUT2D eigenvalue weighted by atomic mass is 10.1. The van der Waals surface area contributed by atoms with E-state index < -0.39 is 0 Å². The van der Waals surface area contributed by atoms with Crippen molar-refractivity contribution in [3.63, 3.8) is 0 Å². The van der Waals surface area contributed by atoms with Crippen molar-refractivity contribution in [3.8, 4) is 11.5 Å². The first-order valence-electron chi connectivity index (χ1n) is 7.09. The fourth-order valence-corrected chi connectivity index (χ4v) is 2.53. The van der Waals surface area contributed by atoms with Crippen molar-refractivity contribution >= 4 is 11.6 Å². The van der Waals surface area contributed by atoms with Gasteiger partial charge in [-0.1, -0.05) is 0 Å². The van der Waals surface area contributed by atoms with Crippen molar-refractivity contribution in [2.45, 2.75) is 25.4 Å². The van der Waals surface area contributed by atoms with E-state index in [0.717, 1.165) is 48.9 Å². The second kappa shape index (κ2) is 5.25. The molecule has 7 heteroatoms. The molecule has 1 saturated heterocycles. The lowest BCUT2D eigenvalue weighted by Gasteiger charge is -2.19. The van der Waals surface area contributed by atoms with Gasteiger partial charge in [0.25, 0.3) is 0 Å². The Morgan fingerprint density at radius 3 is 3.05 bits per heavy atom. The van der Waals surface area contributed by atoms with Gasteiger partial charge in [-0.3, -0.25) is 5.10 Å². The van der Waals surface area contributed by atoms with Crippen LogP contribution in [0.3, 0.4) is 0 Å².